The van der Waals surface area contributed by atoms with Gasteiger partial charge in [-0.3, -0.25) is 4.79 Å². The summed E-state index contributed by atoms with van der Waals surface area (Å²) in [5, 5.41) is 12.6. The monoisotopic (exact) mass is 273 g/mol. The molecule has 0 spiro atoms. The Balaban J connectivity index is 1.94. The molecule has 2 rings (SSSR count). The summed E-state index contributed by atoms with van der Waals surface area (Å²) < 4.78 is 12.8. The summed E-state index contributed by atoms with van der Waals surface area (Å²) >= 11 is 0. The van der Waals surface area contributed by atoms with Gasteiger partial charge in [-0.05, 0) is 36.8 Å². The van der Waals surface area contributed by atoms with Crippen molar-refractivity contribution >= 4 is 5.91 Å². The topological polar surface area (TPSA) is 49.3 Å². The molecular formula is C16H16FNO2. The van der Waals surface area contributed by atoms with Crippen molar-refractivity contribution in [2.45, 2.75) is 13.0 Å². The number of amides is 1. The molecule has 2 aromatic rings. The number of aliphatic hydroxyl groups is 1. The van der Waals surface area contributed by atoms with E-state index in [1.165, 1.54) is 24.3 Å². The highest BCUT2D eigenvalue weighted by Crippen LogP contribution is 2.12. The Morgan fingerprint density at radius 1 is 1.25 bits per heavy atom. The minimum absolute atomic E-state index is 0.0818. The SMILES string of the molecule is Cc1cccc(C(=O)NCC(O)c2ccc(F)cc2)c1. The van der Waals surface area contributed by atoms with Gasteiger partial charge in [0.1, 0.15) is 5.82 Å². The molecule has 0 heterocycles. The fraction of sp³-hybridized carbons (Fsp3) is 0.188. The Morgan fingerprint density at radius 2 is 1.95 bits per heavy atom. The lowest BCUT2D eigenvalue weighted by atomic mass is 10.1. The van der Waals surface area contributed by atoms with Crippen molar-refractivity contribution in [2.75, 3.05) is 6.54 Å². The normalized spacial score (nSPS) is 11.9. The fourth-order valence-corrected chi connectivity index (χ4v) is 1.88. The molecule has 0 bridgehead atoms. The van der Waals surface area contributed by atoms with E-state index in [9.17, 15) is 14.3 Å². The second-order valence-electron chi connectivity index (χ2n) is 4.65. The van der Waals surface area contributed by atoms with Crippen molar-refractivity contribution in [2.24, 2.45) is 0 Å². The summed E-state index contributed by atoms with van der Waals surface area (Å²) in [7, 11) is 0. The molecule has 4 heteroatoms. The number of benzene rings is 2. The molecule has 2 N–H and O–H groups in total. The van der Waals surface area contributed by atoms with Gasteiger partial charge in [-0.2, -0.15) is 0 Å². The van der Waals surface area contributed by atoms with Crippen molar-refractivity contribution in [1.29, 1.82) is 0 Å². The van der Waals surface area contributed by atoms with Crippen molar-refractivity contribution in [3.63, 3.8) is 0 Å². The van der Waals surface area contributed by atoms with Crippen LogP contribution < -0.4 is 5.32 Å². The maximum absolute atomic E-state index is 12.8. The summed E-state index contributed by atoms with van der Waals surface area (Å²) in [5.74, 6) is -0.598. The first-order valence-corrected chi connectivity index (χ1v) is 6.34. The maximum Gasteiger partial charge on any atom is 0.251 e. The zero-order chi connectivity index (χ0) is 14.5. The molecule has 0 aliphatic rings. The molecule has 1 unspecified atom stereocenters. The zero-order valence-electron chi connectivity index (χ0n) is 11.1. The van der Waals surface area contributed by atoms with Crippen molar-refractivity contribution in [3.05, 3.63) is 71.0 Å². The first-order valence-electron chi connectivity index (χ1n) is 6.34. The van der Waals surface area contributed by atoms with Gasteiger partial charge in [0.25, 0.3) is 5.91 Å². The molecular weight excluding hydrogens is 257 g/mol. The number of nitrogens with one attached hydrogen (secondary N) is 1. The molecule has 0 radical (unpaired) electrons. The summed E-state index contributed by atoms with van der Waals surface area (Å²) in [4.78, 5) is 11.9. The van der Waals surface area contributed by atoms with Crippen LogP contribution in [0.4, 0.5) is 4.39 Å². The molecule has 3 nitrogen and oxygen atoms in total. The van der Waals surface area contributed by atoms with Crippen LogP contribution in [0.15, 0.2) is 48.5 Å². The molecule has 0 saturated heterocycles. The van der Waals surface area contributed by atoms with Crippen LogP contribution >= 0.6 is 0 Å². The molecule has 0 aliphatic carbocycles. The largest absolute Gasteiger partial charge is 0.387 e. The Kier molecular flexibility index (Phi) is 4.48. The van der Waals surface area contributed by atoms with Crippen LogP contribution in [0.2, 0.25) is 0 Å². The molecule has 0 saturated carbocycles. The van der Waals surface area contributed by atoms with Gasteiger partial charge in [-0.25, -0.2) is 4.39 Å². The summed E-state index contributed by atoms with van der Waals surface area (Å²) in [5.41, 5.74) is 2.11. The van der Waals surface area contributed by atoms with Crippen LogP contribution in [0.25, 0.3) is 0 Å². The zero-order valence-corrected chi connectivity index (χ0v) is 11.1. The third-order valence-corrected chi connectivity index (χ3v) is 2.99. The van der Waals surface area contributed by atoms with Crippen LogP contribution in [0.3, 0.4) is 0 Å². The second-order valence-corrected chi connectivity index (χ2v) is 4.65. The highest BCUT2D eigenvalue weighted by Gasteiger charge is 2.11. The molecule has 104 valence electrons. The van der Waals surface area contributed by atoms with E-state index in [2.05, 4.69) is 5.32 Å². The first-order chi connectivity index (χ1) is 9.56. The van der Waals surface area contributed by atoms with Gasteiger partial charge in [0.2, 0.25) is 0 Å². The van der Waals surface area contributed by atoms with Crippen molar-refractivity contribution < 1.29 is 14.3 Å². The summed E-state index contributed by atoms with van der Waals surface area (Å²) in [6.07, 6.45) is -0.857. The summed E-state index contributed by atoms with van der Waals surface area (Å²) in [6.45, 7) is 1.99. The highest BCUT2D eigenvalue weighted by molar-refractivity contribution is 5.94. The van der Waals surface area contributed by atoms with Crippen LogP contribution in [0.5, 0.6) is 0 Å². The number of hydrogen-bond donors (Lipinski definition) is 2. The van der Waals surface area contributed by atoms with Crippen molar-refractivity contribution in [1.82, 2.24) is 5.32 Å². The van der Waals surface area contributed by atoms with E-state index in [0.29, 0.717) is 11.1 Å². The van der Waals surface area contributed by atoms with Crippen LogP contribution in [0, 0.1) is 12.7 Å². The predicted molar refractivity (Wildman–Crippen MR) is 74.9 cm³/mol. The minimum atomic E-state index is -0.857. The first kappa shape index (κ1) is 14.2. The Hall–Kier alpha value is -2.20. The number of aliphatic hydroxyl groups excluding tert-OH is 1. The second kappa shape index (κ2) is 6.30. The number of halogens is 1. The molecule has 20 heavy (non-hydrogen) atoms. The van der Waals surface area contributed by atoms with Gasteiger partial charge in [-0.1, -0.05) is 29.8 Å². The van der Waals surface area contributed by atoms with Gasteiger partial charge >= 0.3 is 0 Å². The minimum Gasteiger partial charge on any atom is -0.387 e. The van der Waals surface area contributed by atoms with E-state index in [1.54, 1.807) is 18.2 Å². The van der Waals surface area contributed by atoms with E-state index >= 15 is 0 Å². The average Bonchev–Trinajstić information content (AvgIpc) is 2.45. The smallest absolute Gasteiger partial charge is 0.251 e. The van der Waals surface area contributed by atoms with E-state index in [-0.39, 0.29) is 18.3 Å². The summed E-state index contributed by atoms with van der Waals surface area (Å²) in [6, 6.07) is 12.8. The Labute approximate surface area is 117 Å². The number of hydrogen-bond acceptors (Lipinski definition) is 2. The molecule has 0 aromatic heterocycles. The van der Waals surface area contributed by atoms with E-state index in [4.69, 9.17) is 0 Å². The standard InChI is InChI=1S/C16H16FNO2/c1-11-3-2-4-13(9-11)16(20)18-10-15(19)12-5-7-14(17)8-6-12/h2-9,15,19H,10H2,1H3,(H,18,20). The van der Waals surface area contributed by atoms with Gasteiger partial charge in [0.15, 0.2) is 0 Å². The van der Waals surface area contributed by atoms with E-state index in [0.717, 1.165) is 5.56 Å². The quantitative estimate of drug-likeness (QED) is 0.899. The van der Waals surface area contributed by atoms with Crippen LogP contribution in [0.1, 0.15) is 27.6 Å². The average molecular weight is 273 g/mol. The van der Waals surface area contributed by atoms with Gasteiger partial charge < -0.3 is 10.4 Å². The fourth-order valence-electron chi connectivity index (χ4n) is 1.88. The third-order valence-electron chi connectivity index (χ3n) is 2.99. The molecule has 1 atom stereocenters. The van der Waals surface area contributed by atoms with Gasteiger partial charge in [-0.15, -0.1) is 0 Å². The lowest BCUT2D eigenvalue weighted by Crippen LogP contribution is -2.28. The number of carbonyl (C=O) groups excluding carboxylic acids is 1. The molecule has 0 fully saturated rings. The van der Waals surface area contributed by atoms with Crippen LogP contribution in [-0.4, -0.2) is 17.6 Å². The lowest BCUT2D eigenvalue weighted by molar-refractivity contribution is 0.0916. The third kappa shape index (κ3) is 3.65. The number of carbonyl (C=O) groups is 1. The number of aryl methyl sites for hydroxylation is 1. The van der Waals surface area contributed by atoms with Gasteiger partial charge in [0, 0.05) is 12.1 Å². The predicted octanol–water partition coefficient (Wildman–Crippen LogP) is 2.60. The van der Waals surface area contributed by atoms with Crippen molar-refractivity contribution in [3.8, 4) is 0 Å². The number of rotatable bonds is 4. The molecule has 2 aromatic carbocycles. The van der Waals surface area contributed by atoms with Crippen LogP contribution in [-0.2, 0) is 0 Å². The highest BCUT2D eigenvalue weighted by atomic mass is 19.1. The Bertz CT molecular complexity index is 596. The maximum atomic E-state index is 12.8. The molecule has 0 aliphatic heterocycles. The van der Waals surface area contributed by atoms with Gasteiger partial charge in [0.05, 0.1) is 6.10 Å². The molecule has 1 amide bonds. The van der Waals surface area contributed by atoms with E-state index in [1.807, 2.05) is 13.0 Å². The lowest BCUT2D eigenvalue weighted by Gasteiger charge is -2.12. The van der Waals surface area contributed by atoms with E-state index < -0.39 is 6.10 Å². The Morgan fingerprint density at radius 3 is 2.60 bits per heavy atom.